The van der Waals surface area contributed by atoms with Gasteiger partial charge in [0, 0.05) is 18.8 Å². The van der Waals surface area contributed by atoms with E-state index in [4.69, 9.17) is 9.15 Å². The fourth-order valence-electron chi connectivity index (χ4n) is 3.60. The van der Waals surface area contributed by atoms with E-state index in [-0.39, 0.29) is 17.7 Å². The molecule has 1 atom stereocenters. The van der Waals surface area contributed by atoms with Crippen LogP contribution in [-0.2, 0) is 4.79 Å². The summed E-state index contributed by atoms with van der Waals surface area (Å²) in [5, 5.41) is 2.95. The molecule has 0 radical (unpaired) electrons. The van der Waals surface area contributed by atoms with Gasteiger partial charge in [0.2, 0.25) is 5.91 Å². The fourth-order valence-corrected chi connectivity index (χ4v) is 3.60. The molecule has 154 valence electrons. The van der Waals surface area contributed by atoms with Gasteiger partial charge in [-0.1, -0.05) is 12.1 Å². The van der Waals surface area contributed by atoms with Gasteiger partial charge in [-0.3, -0.25) is 9.59 Å². The van der Waals surface area contributed by atoms with Crippen LogP contribution in [0.2, 0.25) is 0 Å². The van der Waals surface area contributed by atoms with Crippen LogP contribution < -0.4 is 10.1 Å². The van der Waals surface area contributed by atoms with Crippen molar-refractivity contribution in [1.29, 1.82) is 0 Å². The Hall–Kier alpha value is -3.54. The molecule has 1 aliphatic rings. The van der Waals surface area contributed by atoms with Gasteiger partial charge in [0.25, 0.3) is 5.91 Å². The number of nitrogens with one attached hydrogen (secondary N) is 1. The minimum atomic E-state index is -0.249. The van der Waals surface area contributed by atoms with E-state index in [1.54, 1.807) is 17.0 Å². The standard InChI is InChI=1S/C24H24N2O4/c1-17-5-2-7-21(15-17)30-20-11-9-19(10-12-20)25-23(27)18-6-3-13-26(16-18)24(28)22-8-4-14-29-22/h2,4-5,7-12,14-15,18H,3,6,13,16H2,1H3,(H,25,27)/t18-/m1/s1. The van der Waals surface area contributed by atoms with Crippen molar-refractivity contribution in [3.63, 3.8) is 0 Å². The molecule has 1 fully saturated rings. The minimum Gasteiger partial charge on any atom is -0.459 e. The molecule has 6 heteroatoms. The first-order valence-corrected chi connectivity index (χ1v) is 10.1. The minimum absolute atomic E-state index is 0.0840. The van der Waals surface area contributed by atoms with Crippen molar-refractivity contribution in [2.45, 2.75) is 19.8 Å². The first kappa shape index (κ1) is 19.8. The zero-order valence-electron chi connectivity index (χ0n) is 16.8. The number of carbonyl (C=O) groups is 2. The second-order valence-corrected chi connectivity index (χ2v) is 7.50. The van der Waals surface area contributed by atoms with E-state index >= 15 is 0 Å². The van der Waals surface area contributed by atoms with Crippen LogP contribution in [0, 0.1) is 12.8 Å². The van der Waals surface area contributed by atoms with Crippen LogP contribution in [0.25, 0.3) is 0 Å². The molecule has 1 saturated heterocycles. The van der Waals surface area contributed by atoms with Gasteiger partial charge in [-0.25, -0.2) is 0 Å². The number of benzene rings is 2. The Morgan fingerprint density at radius 1 is 1.07 bits per heavy atom. The number of piperidine rings is 1. The van der Waals surface area contributed by atoms with Gasteiger partial charge in [-0.05, 0) is 73.9 Å². The number of furan rings is 1. The molecule has 2 heterocycles. The largest absolute Gasteiger partial charge is 0.459 e. The molecule has 30 heavy (non-hydrogen) atoms. The molecule has 0 unspecified atom stereocenters. The Kier molecular flexibility index (Phi) is 5.84. The van der Waals surface area contributed by atoms with Gasteiger partial charge in [-0.15, -0.1) is 0 Å². The van der Waals surface area contributed by atoms with Crippen LogP contribution in [-0.4, -0.2) is 29.8 Å². The average molecular weight is 404 g/mol. The van der Waals surface area contributed by atoms with Crippen LogP contribution in [0.4, 0.5) is 5.69 Å². The molecule has 1 aliphatic heterocycles. The lowest BCUT2D eigenvalue weighted by Crippen LogP contribution is -2.43. The zero-order chi connectivity index (χ0) is 20.9. The number of anilines is 1. The smallest absolute Gasteiger partial charge is 0.289 e. The molecular formula is C24H24N2O4. The Balaban J connectivity index is 1.34. The number of hydrogen-bond acceptors (Lipinski definition) is 4. The van der Waals surface area contributed by atoms with E-state index < -0.39 is 0 Å². The summed E-state index contributed by atoms with van der Waals surface area (Å²) in [6.07, 6.45) is 3.02. The van der Waals surface area contributed by atoms with Gasteiger partial charge in [0.1, 0.15) is 11.5 Å². The first-order valence-electron chi connectivity index (χ1n) is 10.1. The Labute approximate surface area is 175 Å². The predicted octanol–water partition coefficient (Wildman–Crippen LogP) is 4.87. The Morgan fingerprint density at radius 3 is 2.63 bits per heavy atom. The number of aryl methyl sites for hydroxylation is 1. The maximum Gasteiger partial charge on any atom is 0.289 e. The number of hydrogen-bond donors (Lipinski definition) is 1. The highest BCUT2D eigenvalue weighted by atomic mass is 16.5. The second kappa shape index (κ2) is 8.86. The summed E-state index contributed by atoms with van der Waals surface area (Å²) in [7, 11) is 0. The van der Waals surface area contributed by atoms with Crippen LogP contribution in [0.15, 0.2) is 71.3 Å². The van der Waals surface area contributed by atoms with Crippen molar-refractivity contribution < 1.29 is 18.7 Å². The molecule has 3 aromatic rings. The Morgan fingerprint density at radius 2 is 1.90 bits per heavy atom. The van der Waals surface area contributed by atoms with Crippen LogP contribution >= 0.6 is 0 Å². The van der Waals surface area contributed by atoms with Crippen molar-refractivity contribution in [2.24, 2.45) is 5.92 Å². The SMILES string of the molecule is Cc1cccc(Oc2ccc(NC(=O)[C@@H]3CCCN(C(=O)c4ccco4)C3)cc2)c1. The summed E-state index contributed by atoms with van der Waals surface area (Å²) < 4.78 is 11.0. The van der Waals surface area contributed by atoms with Gasteiger partial charge >= 0.3 is 0 Å². The fraction of sp³-hybridized carbons (Fsp3) is 0.250. The van der Waals surface area contributed by atoms with E-state index in [9.17, 15) is 9.59 Å². The van der Waals surface area contributed by atoms with Crippen molar-refractivity contribution in [1.82, 2.24) is 4.90 Å². The van der Waals surface area contributed by atoms with Gasteiger partial charge in [0.15, 0.2) is 5.76 Å². The molecule has 2 amide bonds. The number of nitrogens with zero attached hydrogens (tertiary/aromatic N) is 1. The first-order chi connectivity index (χ1) is 14.6. The number of ether oxygens (including phenoxy) is 1. The zero-order valence-corrected chi connectivity index (χ0v) is 16.8. The topological polar surface area (TPSA) is 71.8 Å². The lowest BCUT2D eigenvalue weighted by atomic mass is 9.96. The average Bonchev–Trinajstić information content (AvgIpc) is 3.30. The van der Waals surface area contributed by atoms with Gasteiger partial charge in [-0.2, -0.15) is 0 Å². The van der Waals surface area contributed by atoms with Crippen LogP contribution in [0.5, 0.6) is 11.5 Å². The molecule has 0 saturated carbocycles. The molecule has 0 bridgehead atoms. The molecule has 1 N–H and O–H groups in total. The van der Waals surface area contributed by atoms with E-state index in [0.717, 1.165) is 24.2 Å². The third-order valence-electron chi connectivity index (χ3n) is 5.16. The molecule has 0 spiro atoms. The predicted molar refractivity (Wildman–Crippen MR) is 114 cm³/mol. The van der Waals surface area contributed by atoms with Crippen LogP contribution in [0.3, 0.4) is 0 Å². The van der Waals surface area contributed by atoms with E-state index in [1.807, 2.05) is 55.5 Å². The molecule has 1 aromatic heterocycles. The molecular weight excluding hydrogens is 380 g/mol. The third-order valence-corrected chi connectivity index (χ3v) is 5.16. The summed E-state index contributed by atoms with van der Waals surface area (Å²) >= 11 is 0. The molecule has 6 nitrogen and oxygen atoms in total. The van der Waals surface area contributed by atoms with E-state index in [0.29, 0.717) is 30.3 Å². The summed E-state index contributed by atoms with van der Waals surface area (Å²) in [4.78, 5) is 26.9. The normalized spacial score (nSPS) is 16.2. The van der Waals surface area contributed by atoms with Gasteiger partial charge in [0.05, 0.1) is 12.2 Å². The number of likely N-dealkylation sites (tertiary alicyclic amines) is 1. The highest BCUT2D eigenvalue weighted by Gasteiger charge is 2.29. The number of carbonyl (C=O) groups excluding carboxylic acids is 2. The van der Waals surface area contributed by atoms with E-state index in [2.05, 4.69) is 5.32 Å². The van der Waals surface area contributed by atoms with Crippen LogP contribution in [0.1, 0.15) is 29.0 Å². The van der Waals surface area contributed by atoms with Crippen molar-refractivity contribution in [2.75, 3.05) is 18.4 Å². The van der Waals surface area contributed by atoms with Crippen molar-refractivity contribution in [3.8, 4) is 11.5 Å². The lowest BCUT2D eigenvalue weighted by Gasteiger charge is -2.31. The Bertz CT molecular complexity index is 1010. The lowest BCUT2D eigenvalue weighted by molar-refractivity contribution is -0.121. The second-order valence-electron chi connectivity index (χ2n) is 7.50. The third kappa shape index (κ3) is 4.71. The highest BCUT2D eigenvalue weighted by Crippen LogP contribution is 2.25. The summed E-state index contributed by atoms with van der Waals surface area (Å²) in [5.74, 6) is 1.28. The summed E-state index contributed by atoms with van der Waals surface area (Å²) in [6.45, 7) is 3.04. The molecule has 4 rings (SSSR count). The maximum absolute atomic E-state index is 12.7. The highest BCUT2D eigenvalue weighted by molar-refractivity contribution is 5.95. The van der Waals surface area contributed by atoms with Gasteiger partial charge < -0.3 is 19.4 Å². The maximum atomic E-state index is 12.7. The van der Waals surface area contributed by atoms with Crippen molar-refractivity contribution in [3.05, 3.63) is 78.3 Å². The number of amides is 2. The quantitative estimate of drug-likeness (QED) is 0.658. The van der Waals surface area contributed by atoms with Crippen molar-refractivity contribution >= 4 is 17.5 Å². The number of rotatable bonds is 5. The molecule has 2 aromatic carbocycles. The monoisotopic (exact) mass is 404 g/mol. The summed E-state index contributed by atoms with van der Waals surface area (Å²) in [5.41, 5.74) is 1.83. The van der Waals surface area contributed by atoms with E-state index in [1.165, 1.54) is 6.26 Å². The molecule has 0 aliphatic carbocycles. The summed E-state index contributed by atoms with van der Waals surface area (Å²) in [6, 6.07) is 18.5.